The highest BCUT2D eigenvalue weighted by Gasteiger charge is 2.33. The molecule has 0 amide bonds. The predicted molar refractivity (Wildman–Crippen MR) is 66.7 cm³/mol. The van der Waals surface area contributed by atoms with E-state index >= 15 is 0 Å². The van der Waals surface area contributed by atoms with Gasteiger partial charge in [-0.3, -0.25) is 0 Å². The first-order valence-corrected chi connectivity index (χ1v) is 6.45. The van der Waals surface area contributed by atoms with Crippen molar-refractivity contribution in [1.82, 2.24) is 9.97 Å². The Labute approximate surface area is 106 Å². The number of aromatic nitrogens is 2. The summed E-state index contributed by atoms with van der Waals surface area (Å²) in [6.45, 7) is 2.58. The van der Waals surface area contributed by atoms with Crippen molar-refractivity contribution in [2.24, 2.45) is 0 Å². The second-order valence-corrected chi connectivity index (χ2v) is 5.23. The molecule has 1 aromatic rings. The monoisotopic (exact) mass is 251 g/mol. The van der Waals surface area contributed by atoms with Crippen molar-refractivity contribution < 1.29 is 9.13 Å². The Hall–Kier alpha value is -1.23. The van der Waals surface area contributed by atoms with Gasteiger partial charge in [-0.05, 0) is 19.8 Å². The van der Waals surface area contributed by atoms with Gasteiger partial charge in [0.1, 0.15) is 17.8 Å². The topological polar surface area (TPSA) is 38.2 Å². The molecule has 0 N–H and O–H groups in total. The van der Waals surface area contributed by atoms with E-state index in [0.29, 0.717) is 12.5 Å². The third kappa shape index (κ3) is 2.19. The maximum atomic E-state index is 13.7. The van der Waals surface area contributed by atoms with E-state index < -0.39 is 6.17 Å². The number of anilines is 1. The molecule has 5 heteroatoms. The van der Waals surface area contributed by atoms with Gasteiger partial charge < -0.3 is 9.64 Å². The van der Waals surface area contributed by atoms with E-state index in [2.05, 4.69) is 9.97 Å². The van der Waals surface area contributed by atoms with Gasteiger partial charge >= 0.3 is 0 Å². The summed E-state index contributed by atoms with van der Waals surface area (Å²) in [5.74, 6) is 2.23. The molecule has 1 saturated heterocycles. The number of aryl methyl sites for hydroxylation is 1. The molecule has 0 unspecified atom stereocenters. The number of halogens is 1. The van der Waals surface area contributed by atoms with Crippen LogP contribution in [0.3, 0.4) is 0 Å². The fourth-order valence-electron chi connectivity index (χ4n) is 2.32. The lowest BCUT2D eigenvalue weighted by atomic mass is 10.2. The van der Waals surface area contributed by atoms with Crippen molar-refractivity contribution in [1.29, 1.82) is 0 Å². The molecular weight excluding hydrogens is 233 g/mol. The van der Waals surface area contributed by atoms with E-state index in [9.17, 15) is 4.39 Å². The van der Waals surface area contributed by atoms with Gasteiger partial charge in [-0.15, -0.1) is 0 Å². The Balaban J connectivity index is 1.86. The summed E-state index contributed by atoms with van der Waals surface area (Å²) >= 11 is 0. The van der Waals surface area contributed by atoms with Crippen LogP contribution in [0.15, 0.2) is 6.07 Å². The fourth-order valence-corrected chi connectivity index (χ4v) is 2.32. The van der Waals surface area contributed by atoms with Crippen LogP contribution in [-0.2, 0) is 4.74 Å². The van der Waals surface area contributed by atoms with Gasteiger partial charge in [-0.2, -0.15) is 0 Å². The van der Waals surface area contributed by atoms with E-state index in [4.69, 9.17) is 4.74 Å². The average Bonchev–Trinajstić information content (AvgIpc) is 3.11. The van der Waals surface area contributed by atoms with Crippen LogP contribution in [0.5, 0.6) is 0 Å². The lowest BCUT2D eigenvalue weighted by Crippen LogP contribution is -2.39. The smallest absolute Gasteiger partial charge is 0.146 e. The number of hydrogen-bond acceptors (Lipinski definition) is 4. The first-order valence-electron chi connectivity index (χ1n) is 6.45. The second kappa shape index (κ2) is 4.46. The molecule has 98 valence electrons. The molecule has 3 rings (SSSR count). The van der Waals surface area contributed by atoms with E-state index in [1.165, 1.54) is 12.8 Å². The molecular formula is C13H18FN3O. The lowest BCUT2D eigenvalue weighted by molar-refractivity contribution is 0.173. The Morgan fingerprint density at radius 1 is 1.33 bits per heavy atom. The van der Waals surface area contributed by atoms with Crippen LogP contribution >= 0.6 is 0 Å². The number of nitrogens with zero attached hydrogens (tertiary/aromatic N) is 3. The standard InChI is InChI=1S/C13H18FN3O/c1-8-5-12(16-13(15-8)9-3-4-9)17(2)11-7-18-6-10(11)14/h5,9-11H,3-4,6-7H2,1-2H3/t10-,11-/m1/s1. The molecule has 4 nitrogen and oxygen atoms in total. The van der Waals surface area contributed by atoms with Gasteiger partial charge in [0.05, 0.1) is 19.3 Å². The van der Waals surface area contributed by atoms with Crippen LogP contribution in [0.1, 0.15) is 30.3 Å². The van der Waals surface area contributed by atoms with Crippen LogP contribution in [0.4, 0.5) is 10.2 Å². The highest BCUT2D eigenvalue weighted by Crippen LogP contribution is 2.38. The van der Waals surface area contributed by atoms with Crippen molar-refractivity contribution in [2.75, 3.05) is 25.2 Å². The summed E-state index contributed by atoms with van der Waals surface area (Å²) in [7, 11) is 1.88. The largest absolute Gasteiger partial charge is 0.376 e. The number of likely N-dealkylation sites (N-methyl/N-ethyl adjacent to an activating group) is 1. The van der Waals surface area contributed by atoms with Crippen molar-refractivity contribution in [3.05, 3.63) is 17.6 Å². The van der Waals surface area contributed by atoms with Gasteiger partial charge in [-0.1, -0.05) is 0 Å². The minimum Gasteiger partial charge on any atom is -0.376 e. The second-order valence-electron chi connectivity index (χ2n) is 5.23. The quantitative estimate of drug-likeness (QED) is 0.821. The minimum absolute atomic E-state index is 0.189. The summed E-state index contributed by atoms with van der Waals surface area (Å²) in [6.07, 6.45) is 1.41. The highest BCUT2D eigenvalue weighted by molar-refractivity contribution is 5.41. The van der Waals surface area contributed by atoms with Gasteiger partial charge in [0.15, 0.2) is 0 Å². The summed E-state index contributed by atoms with van der Waals surface area (Å²) in [5, 5.41) is 0. The van der Waals surface area contributed by atoms with E-state index in [1.807, 2.05) is 24.9 Å². The molecule has 1 aromatic heterocycles. The fraction of sp³-hybridized carbons (Fsp3) is 0.692. The molecule has 0 radical (unpaired) electrons. The maximum Gasteiger partial charge on any atom is 0.146 e. The Morgan fingerprint density at radius 2 is 2.11 bits per heavy atom. The van der Waals surface area contributed by atoms with Crippen LogP contribution in [0.2, 0.25) is 0 Å². The summed E-state index contributed by atoms with van der Waals surface area (Å²) in [6, 6.07) is 1.68. The van der Waals surface area contributed by atoms with E-state index in [0.717, 1.165) is 17.3 Å². The molecule has 2 aliphatic rings. The van der Waals surface area contributed by atoms with Gasteiger partial charge in [-0.25, -0.2) is 14.4 Å². The van der Waals surface area contributed by atoms with Crippen LogP contribution in [-0.4, -0.2) is 42.4 Å². The van der Waals surface area contributed by atoms with Crippen LogP contribution < -0.4 is 4.90 Å². The molecule has 0 spiro atoms. The summed E-state index contributed by atoms with van der Waals surface area (Å²) in [5.41, 5.74) is 0.947. The Kier molecular flexibility index (Phi) is 2.93. The van der Waals surface area contributed by atoms with E-state index in [-0.39, 0.29) is 12.6 Å². The van der Waals surface area contributed by atoms with Crippen LogP contribution in [0.25, 0.3) is 0 Å². The molecule has 2 fully saturated rings. The molecule has 18 heavy (non-hydrogen) atoms. The number of hydrogen-bond donors (Lipinski definition) is 0. The summed E-state index contributed by atoms with van der Waals surface area (Å²) in [4.78, 5) is 10.9. The summed E-state index contributed by atoms with van der Waals surface area (Å²) < 4.78 is 18.9. The van der Waals surface area contributed by atoms with Gasteiger partial charge in [0.2, 0.25) is 0 Å². The third-order valence-corrected chi connectivity index (χ3v) is 3.64. The Bertz CT molecular complexity index is 450. The molecule has 2 heterocycles. The minimum atomic E-state index is -0.936. The highest BCUT2D eigenvalue weighted by atomic mass is 19.1. The van der Waals surface area contributed by atoms with Gasteiger partial charge in [0, 0.05) is 24.7 Å². The predicted octanol–water partition coefficient (Wildman–Crippen LogP) is 1.84. The average molecular weight is 251 g/mol. The molecule has 1 saturated carbocycles. The SMILES string of the molecule is Cc1cc(N(C)[C@@H]2COC[C@H]2F)nc(C2CC2)n1. The number of alkyl halides is 1. The van der Waals surface area contributed by atoms with Gasteiger partial charge in [0.25, 0.3) is 0 Å². The maximum absolute atomic E-state index is 13.7. The number of ether oxygens (including phenoxy) is 1. The van der Waals surface area contributed by atoms with Crippen molar-refractivity contribution in [2.45, 2.75) is 37.9 Å². The molecule has 0 aromatic carbocycles. The van der Waals surface area contributed by atoms with E-state index in [1.54, 1.807) is 0 Å². The molecule has 1 aliphatic carbocycles. The first-order chi connectivity index (χ1) is 8.65. The normalized spacial score (nSPS) is 27.5. The zero-order chi connectivity index (χ0) is 12.7. The molecule has 1 aliphatic heterocycles. The first kappa shape index (κ1) is 11.8. The number of rotatable bonds is 3. The zero-order valence-corrected chi connectivity index (χ0v) is 10.8. The van der Waals surface area contributed by atoms with Crippen molar-refractivity contribution in [3.63, 3.8) is 0 Å². The van der Waals surface area contributed by atoms with Crippen LogP contribution in [0, 0.1) is 6.92 Å². The third-order valence-electron chi connectivity index (χ3n) is 3.64. The molecule has 0 bridgehead atoms. The van der Waals surface area contributed by atoms with Crippen molar-refractivity contribution >= 4 is 5.82 Å². The molecule has 2 atom stereocenters. The van der Waals surface area contributed by atoms with Crippen molar-refractivity contribution in [3.8, 4) is 0 Å². The zero-order valence-electron chi connectivity index (χ0n) is 10.8. The Morgan fingerprint density at radius 3 is 2.72 bits per heavy atom. The lowest BCUT2D eigenvalue weighted by Gasteiger charge is -2.26.